The molecule has 0 aliphatic heterocycles. The van der Waals surface area contributed by atoms with Crippen LogP contribution in [0.25, 0.3) is 0 Å². The molecule has 0 fully saturated rings. The van der Waals surface area contributed by atoms with Crippen LogP contribution < -0.4 is 11.1 Å². The summed E-state index contributed by atoms with van der Waals surface area (Å²) in [7, 11) is 0. The minimum absolute atomic E-state index is 0.00308. The van der Waals surface area contributed by atoms with Gasteiger partial charge in [-0.1, -0.05) is 30.3 Å². The normalized spacial score (nSPS) is 11.6. The van der Waals surface area contributed by atoms with E-state index < -0.39 is 17.9 Å². The molecule has 1 heterocycles. The number of nitrogens with two attached hydrogens (primary N) is 1. The van der Waals surface area contributed by atoms with Crippen molar-refractivity contribution in [2.75, 3.05) is 5.73 Å². The zero-order valence-electron chi connectivity index (χ0n) is 11.2. The van der Waals surface area contributed by atoms with Gasteiger partial charge >= 0.3 is 5.97 Å². The predicted molar refractivity (Wildman–Crippen MR) is 77.3 cm³/mol. The molecule has 1 aromatic carbocycles. The summed E-state index contributed by atoms with van der Waals surface area (Å²) < 4.78 is 0. The third-order valence-corrected chi connectivity index (χ3v) is 2.87. The molecular weight excluding hydrogens is 270 g/mol. The second kappa shape index (κ2) is 6.51. The Morgan fingerprint density at radius 2 is 1.90 bits per heavy atom. The highest BCUT2D eigenvalue weighted by molar-refractivity contribution is 5.85. The van der Waals surface area contributed by atoms with Crippen molar-refractivity contribution in [1.82, 2.24) is 10.3 Å². The van der Waals surface area contributed by atoms with E-state index in [1.807, 2.05) is 0 Å². The van der Waals surface area contributed by atoms with Gasteiger partial charge in [0.15, 0.2) is 6.04 Å². The van der Waals surface area contributed by atoms with Crippen molar-refractivity contribution < 1.29 is 14.7 Å². The average Bonchev–Trinajstić information content (AvgIpc) is 2.48. The van der Waals surface area contributed by atoms with Crippen LogP contribution in [0, 0.1) is 0 Å². The number of anilines is 1. The summed E-state index contributed by atoms with van der Waals surface area (Å²) in [4.78, 5) is 27.2. The number of carbonyl (C=O) groups is 2. The van der Waals surface area contributed by atoms with Gasteiger partial charge in [-0.05, 0) is 17.7 Å². The van der Waals surface area contributed by atoms with Crippen molar-refractivity contribution >= 4 is 17.6 Å². The van der Waals surface area contributed by atoms with E-state index in [2.05, 4.69) is 10.3 Å². The lowest BCUT2D eigenvalue weighted by Gasteiger charge is -2.14. The first-order valence-electron chi connectivity index (χ1n) is 6.34. The molecule has 1 atom stereocenters. The summed E-state index contributed by atoms with van der Waals surface area (Å²) in [5.74, 6) is -1.52. The number of hydrogen-bond donors (Lipinski definition) is 3. The van der Waals surface area contributed by atoms with Crippen LogP contribution in [0.5, 0.6) is 0 Å². The van der Waals surface area contributed by atoms with Crippen molar-refractivity contribution in [3.8, 4) is 0 Å². The fourth-order valence-electron chi connectivity index (χ4n) is 1.85. The Morgan fingerprint density at radius 3 is 2.48 bits per heavy atom. The van der Waals surface area contributed by atoms with Gasteiger partial charge in [0.2, 0.25) is 5.91 Å². The monoisotopic (exact) mass is 285 g/mol. The van der Waals surface area contributed by atoms with Crippen LogP contribution in [-0.2, 0) is 16.0 Å². The zero-order valence-corrected chi connectivity index (χ0v) is 11.2. The maximum atomic E-state index is 11.9. The molecule has 21 heavy (non-hydrogen) atoms. The largest absolute Gasteiger partial charge is 0.479 e. The molecule has 6 nitrogen and oxygen atoms in total. The average molecular weight is 285 g/mol. The van der Waals surface area contributed by atoms with Gasteiger partial charge in [0.25, 0.3) is 0 Å². The standard InChI is InChI=1S/C15H15N3O3/c16-11-6-7-12(17-9-11)8-13(19)18-14(15(20)21)10-4-2-1-3-5-10/h1-7,9,14H,8,16H2,(H,18,19)(H,20,21)/t14-/m1/s1. The Kier molecular flexibility index (Phi) is 4.50. The molecule has 1 aromatic heterocycles. The van der Waals surface area contributed by atoms with Gasteiger partial charge in [-0.25, -0.2) is 4.79 Å². The molecule has 2 rings (SSSR count). The molecule has 0 aliphatic carbocycles. The Morgan fingerprint density at radius 1 is 1.19 bits per heavy atom. The molecule has 0 aliphatic rings. The van der Waals surface area contributed by atoms with Crippen LogP contribution in [0.1, 0.15) is 17.3 Å². The van der Waals surface area contributed by atoms with Gasteiger partial charge in [0.05, 0.1) is 18.3 Å². The number of nitrogens with zero attached hydrogens (tertiary/aromatic N) is 1. The smallest absolute Gasteiger partial charge is 0.330 e. The van der Waals surface area contributed by atoms with Crippen LogP contribution in [0.3, 0.4) is 0 Å². The van der Waals surface area contributed by atoms with E-state index in [9.17, 15) is 14.7 Å². The molecule has 0 unspecified atom stereocenters. The molecular formula is C15H15N3O3. The number of rotatable bonds is 5. The summed E-state index contributed by atoms with van der Waals surface area (Å²) in [5, 5.41) is 11.7. The number of benzene rings is 1. The Labute approximate surface area is 121 Å². The number of aromatic nitrogens is 1. The number of carboxylic acid groups (broad SMARTS) is 1. The first-order valence-corrected chi connectivity index (χ1v) is 6.34. The minimum Gasteiger partial charge on any atom is -0.479 e. The highest BCUT2D eigenvalue weighted by atomic mass is 16.4. The number of nitrogen functional groups attached to an aromatic ring is 1. The second-order valence-electron chi connectivity index (χ2n) is 4.51. The number of aliphatic carboxylic acids is 1. The first kappa shape index (κ1) is 14.5. The van der Waals surface area contributed by atoms with E-state index in [-0.39, 0.29) is 6.42 Å². The summed E-state index contributed by atoms with van der Waals surface area (Å²) in [5.41, 5.74) is 7.06. The van der Waals surface area contributed by atoms with E-state index in [1.165, 1.54) is 6.20 Å². The molecule has 1 amide bonds. The van der Waals surface area contributed by atoms with Gasteiger partial charge in [-0.15, -0.1) is 0 Å². The van der Waals surface area contributed by atoms with E-state index >= 15 is 0 Å². The van der Waals surface area contributed by atoms with Crippen molar-refractivity contribution in [3.05, 3.63) is 59.9 Å². The molecule has 108 valence electrons. The van der Waals surface area contributed by atoms with Gasteiger partial charge in [0.1, 0.15) is 0 Å². The lowest BCUT2D eigenvalue weighted by molar-refractivity contribution is -0.142. The Balaban J connectivity index is 2.05. The molecule has 0 bridgehead atoms. The molecule has 0 radical (unpaired) electrons. The molecule has 4 N–H and O–H groups in total. The van der Waals surface area contributed by atoms with Gasteiger partial charge in [0, 0.05) is 5.69 Å². The number of carbonyl (C=O) groups excluding carboxylic acids is 1. The Bertz CT molecular complexity index is 626. The summed E-state index contributed by atoms with van der Waals surface area (Å²) in [6.45, 7) is 0. The number of nitrogens with one attached hydrogen (secondary N) is 1. The van der Waals surface area contributed by atoms with Crippen molar-refractivity contribution in [3.63, 3.8) is 0 Å². The van der Waals surface area contributed by atoms with Crippen LogP contribution in [-0.4, -0.2) is 22.0 Å². The number of carboxylic acids is 1. The van der Waals surface area contributed by atoms with Crippen LogP contribution in [0.4, 0.5) is 5.69 Å². The van der Waals surface area contributed by atoms with Crippen molar-refractivity contribution in [1.29, 1.82) is 0 Å². The lowest BCUT2D eigenvalue weighted by Crippen LogP contribution is -2.34. The van der Waals surface area contributed by atoms with Crippen molar-refractivity contribution in [2.24, 2.45) is 0 Å². The predicted octanol–water partition coefficient (Wildman–Crippen LogP) is 1.15. The molecule has 0 saturated heterocycles. The van der Waals surface area contributed by atoms with Gasteiger partial charge in [-0.3, -0.25) is 9.78 Å². The van der Waals surface area contributed by atoms with E-state index in [0.717, 1.165) is 0 Å². The number of amides is 1. The summed E-state index contributed by atoms with van der Waals surface area (Å²) in [6, 6.07) is 10.7. The van der Waals surface area contributed by atoms with E-state index in [4.69, 9.17) is 5.73 Å². The zero-order chi connectivity index (χ0) is 15.2. The quantitative estimate of drug-likeness (QED) is 0.764. The SMILES string of the molecule is Nc1ccc(CC(=O)N[C@@H](C(=O)O)c2ccccc2)nc1. The van der Waals surface area contributed by atoms with Crippen LogP contribution >= 0.6 is 0 Å². The third kappa shape index (κ3) is 4.04. The first-order chi connectivity index (χ1) is 10.1. The second-order valence-corrected chi connectivity index (χ2v) is 4.51. The van der Waals surface area contributed by atoms with Gasteiger partial charge in [-0.2, -0.15) is 0 Å². The molecule has 6 heteroatoms. The number of hydrogen-bond acceptors (Lipinski definition) is 4. The minimum atomic E-state index is -1.11. The number of pyridine rings is 1. The highest BCUT2D eigenvalue weighted by Crippen LogP contribution is 2.13. The topological polar surface area (TPSA) is 105 Å². The fourth-order valence-corrected chi connectivity index (χ4v) is 1.85. The van der Waals surface area contributed by atoms with Crippen LogP contribution in [0.15, 0.2) is 48.7 Å². The van der Waals surface area contributed by atoms with E-state index in [1.54, 1.807) is 42.5 Å². The van der Waals surface area contributed by atoms with Crippen molar-refractivity contribution in [2.45, 2.75) is 12.5 Å². The summed E-state index contributed by atoms with van der Waals surface area (Å²) in [6.07, 6.45) is 1.45. The molecule has 2 aromatic rings. The van der Waals surface area contributed by atoms with Crippen LogP contribution in [0.2, 0.25) is 0 Å². The fraction of sp³-hybridized carbons (Fsp3) is 0.133. The third-order valence-electron chi connectivity index (χ3n) is 2.87. The molecule has 0 saturated carbocycles. The maximum Gasteiger partial charge on any atom is 0.330 e. The summed E-state index contributed by atoms with van der Waals surface area (Å²) >= 11 is 0. The molecule has 0 spiro atoms. The lowest BCUT2D eigenvalue weighted by atomic mass is 10.1. The Hall–Kier alpha value is -2.89. The van der Waals surface area contributed by atoms with Gasteiger partial charge < -0.3 is 16.2 Å². The maximum absolute atomic E-state index is 11.9. The van der Waals surface area contributed by atoms with E-state index in [0.29, 0.717) is 16.9 Å². The highest BCUT2D eigenvalue weighted by Gasteiger charge is 2.21.